The number of rotatable bonds is 1. The lowest BCUT2D eigenvalue weighted by Crippen LogP contribution is -2.33. The monoisotopic (exact) mass is 191 g/mol. The maximum atomic E-state index is 10.1. The van der Waals surface area contributed by atoms with Gasteiger partial charge in [0.25, 0.3) is 0 Å². The van der Waals surface area contributed by atoms with Gasteiger partial charge in [-0.3, -0.25) is 0 Å². The van der Waals surface area contributed by atoms with Crippen LogP contribution in [0.1, 0.15) is 13.8 Å². The fourth-order valence-electron chi connectivity index (χ4n) is 1.97. The third-order valence-electron chi connectivity index (χ3n) is 3.19. The Balaban J connectivity index is 2.17. The molecule has 1 fully saturated rings. The quantitative estimate of drug-likeness (QED) is 0.732. The van der Waals surface area contributed by atoms with E-state index in [9.17, 15) is 5.11 Å². The first-order valence-electron chi connectivity index (χ1n) is 5.12. The number of β-amino-alcohol motifs (C(OH)–C–C–N with tert-alkyl or cyclic N) is 1. The van der Waals surface area contributed by atoms with Gasteiger partial charge in [0.1, 0.15) is 0 Å². The highest BCUT2D eigenvalue weighted by Crippen LogP contribution is 2.30. The first kappa shape index (κ1) is 9.53. The van der Waals surface area contributed by atoms with E-state index in [0.29, 0.717) is 5.92 Å². The number of hydrogen-bond donors (Lipinski definition) is 1. The van der Waals surface area contributed by atoms with Crippen molar-refractivity contribution in [1.29, 1.82) is 0 Å². The van der Waals surface area contributed by atoms with Gasteiger partial charge >= 0.3 is 0 Å². The van der Waals surface area contributed by atoms with Gasteiger partial charge in [0, 0.05) is 24.7 Å². The minimum absolute atomic E-state index is 0.336. The van der Waals surface area contributed by atoms with E-state index in [0.717, 1.165) is 13.1 Å². The van der Waals surface area contributed by atoms with E-state index < -0.39 is 5.60 Å². The molecule has 0 radical (unpaired) electrons. The average molecular weight is 191 g/mol. The molecular formula is C12H17NO. The lowest BCUT2D eigenvalue weighted by molar-refractivity contribution is 0.0443. The van der Waals surface area contributed by atoms with E-state index in [-0.39, 0.29) is 0 Å². The summed E-state index contributed by atoms with van der Waals surface area (Å²) >= 11 is 0. The van der Waals surface area contributed by atoms with Crippen molar-refractivity contribution in [3.63, 3.8) is 0 Å². The second kappa shape index (κ2) is 3.28. The lowest BCUT2D eigenvalue weighted by Gasteiger charge is -2.21. The molecule has 0 spiro atoms. The maximum absolute atomic E-state index is 10.1. The van der Waals surface area contributed by atoms with Crippen LogP contribution in [0.5, 0.6) is 0 Å². The molecule has 1 aliphatic rings. The molecule has 1 aliphatic heterocycles. The van der Waals surface area contributed by atoms with Gasteiger partial charge in [0.2, 0.25) is 0 Å². The molecule has 2 heteroatoms. The third-order valence-corrected chi connectivity index (χ3v) is 3.19. The summed E-state index contributed by atoms with van der Waals surface area (Å²) < 4.78 is 0. The van der Waals surface area contributed by atoms with E-state index in [4.69, 9.17) is 0 Å². The van der Waals surface area contributed by atoms with Gasteiger partial charge in [-0.2, -0.15) is 0 Å². The van der Waals surface area contributed by atoms with Crippen LogP contribution in [0.4, 0.5) is 5.69 Å². The fraction of sp³-hybridized carbons (Fsp3) is 0.500. The zero-order valence-corrected chi connectivity index (χ0v) is 8.77. The van der Waals surface area contributed by atoms with Gasteiger partial charge in [-0.1, -0.05) is 25.1 Å². The number of para-hydroxylation sites is 1. The van der Waals surface area contributed by atoms with Crippen molar-refractivity contribution in [1.82, 2.24) is 0 Å². The molecule has 0 aliphatic carbocycles. The molecule has 1 N–H and O–H groups in total. The molecule has 1 aromatic carbocycles. The summed E-state index contributed by atoms with van der Waals surface area (Å²) in [6, 6.07) is 10.3. The Kier molecular flexibility index (Phi) is 2.23. The Morgan fingerprint density at radius 1 is 1.36 bits per heavy atom. The predicted molar refractivity (Wildman–Crippen MR) is 58.4 cm³/mol. The van der Waals surface area contributed by atoms with Crippen molar-refractivity contribution in [3.05, 3.63) is 30.3 Å². The summed E-state index contributed by atoms with van der Waals surface area (Å²) in [5.41, 5.74) is 0.660. The smallest absolute Gasteiger partial charge is 0.0835 e. The van der Waals surface area contributed by atoms with Crippen LogP contribution in [0, 0.1) is 5.92 Å². The summed E-state index contributed by atoms with van der Waals surface area (Å²) in [6.07, 6.45) is 0. The molecule has 76 valence electrons. The zero-order valence-electron chi connectivity index (χ0n) is 8.77. The molecule has 2 atom stereocenters. The molecule has 1 heterocycles. The van der Waals surface area contributed by atoms with Crippen molar-refractivity contribution < 1.29 is 5.11 Å². The Hall–Kier alpha value is -1.02. The fourth-order valence-corrected chi connectivity index (χ4v) is 1.97. The minimum Gasteiger partial charge on any atom is -0.388 e. The summed E-state index contributed by atoms with van der Waals surface area (Å²) in [4.78, 5) is 2.24. The molecule has 1 saturated heterocycles. The second-order valence-electron chi connectivity index (χ2n) is 4.47. The average Bonchev–Trinajstić information content (AvgIpc) is 2.43. The van der Waals surface area contributed by atoms with Gasteiger partial charge in [0.05, 0.1) is 5.60 Å². The molecular weight excluding hydrogens is 174 g/mol. The van der Waals surface area contributed by atoms with Crippen molar-refractivity contribution in [2.75, 3.05) is 18.0 Å². The van der Waals surface area contributed by atoms with Gasteiger partial charge in [-0.25, -0.2) is 0 Å². The highest BCUT2D eigenvalue weighted by atomic mass is 16.3. The lowest BCUT2D eigenvalue weighted by atomic mass is 9.95. The molecule has 0 amide bonds. The van der Waals surface area contributed by atoms with E-state index in [1.807, 2.05) is 25.1 Å². The summed E-state index contributed by atoms with van der Waals surface area (Å²) in [6.45, 7) is 5.69. The van der Waals surface area contributed by atoms with Gasteiger partial charge < -0.3 is 10.0 Å². The van der Waals surface area contributed by atoms with Crippen molar-refractivity contribution in [2.24, 2.45) is 5.92 Å². The number of benzene rings is 1. The summed E-state index contributed by atoms with van der Waals surface area (Å²) in [5.74, 6) is 0.336. The van der Waals surface area contributed by atoms with Gasteiger partial charge in [-0.05, 0) is 19.1 Å². The van der Waals surface area contributed by atoms with Crippen LogP contribution in [0.25, 0.3) is 0 Å². The second-order valence-corrected chi connectivity index (χ2v) is 4.47. The van der Waals surface area contributed by atoms with E-state index >= 15 is 0 Å². The number of aliphatic hydroxyl groups is 1. The highest BCUT2D eigenvalue weighted by Gasteiger charge is 2.38. The summed E-state index contributed by atoms with van der Waals surface area (Å²) in [5, 5.41) is 10.1. The van der Waals surface area contributed by atoms with Crippen LogP contribution in [-0.4, -0.2) is 23.8 Å². The summed E-state index contributed by atoms with van der Waals surface area (Å²) in [7, 11) is 0. The Morgan fingerprint density at radius 2 is 2.00 bits per heavy atom. The number of hydrogen-bond acceptors (Lipinski definition) is 2. The number of anilines is 1. The van der Waals surface area contributed by atoms with E-state index in [1.54, 1.807) is 0 Å². The maximum Gasteiger partial charge on any atom is 0.0835 e. The number of nitrogens with zero attached hydrogens (tertiary/aromatic N) is 1. The van der Waals surface area contributed by atoms with Crippen LogP contribution in [0.3, 0.4) is 0 Å². The van der Waals surface area contributed by atoms with Crippen LogP contribution in [0.2, 0.25) is 0 Å². The van der Waals surface area contributed by atoms with Crippen molar-refractivity contribution in [2.45, 2.75) is 19.4 Å². The normalized spacial score (nSPS) is 32.2. The van der Waals surface area contributed by atoms with Crippen molar-refractivity contribution in [3.8, 4) is 0 Å². The van der Waals surface area contributed by atoms with Crippen molar-refractivity contribution >= 4 is 5.69 Å². The van der Waals surface area contributed by atoms with E-state index in [1.165, 1.54) is 5.69 Å². The van der Waals surface area contributed by atoms with Crippen LogP contribution < -0.4 is 4.90 Å². The minimum atomic E-state index is -0.546. The Bertz CT molecular complexity index is 307. The molecule has 0 bridgehead atoms. The predicted octanol–water partition coefficient (Wildman–Crippen LogP) is 1.89. The first-order chi connectivity index (χ1) is 6.59. The van der Waals surface area contributed by atoms with Crippen LogP contribution in [-0.2, 0) is 0 Å². The standard InChI is InChI=1S/C12H17NO/c1-10-8-13(9-12(10,2)14)11-6-4-3-5-7-11/h3-7,10,14H,8-9H2,1-2H3/t10-,12+/m0/s1. The highest BCUT2D eigenvalue weighted by molar-refractivity contribution is 5.47. The Morgan fingerprint density at radius 3 is 2.50 bits per heavy atom. The molecule has 0 saturated carbocycles. The molecule has 2 nitrogen and oxygen atoms in total. The van der Waals surface area contributed by atoms with Crippen LogP contribution >= 0.6 is 0 Å². The zero-order chi connectivity index (χ0) is 10.2. The van der Waals surface area contributed by atoms with Gasteiger partial charge in [-0.15, -0.1) is 0 Å². The van der Waals surface area contributed by atoms with Gasteiger partial charge in [0.15, 0.2) is 0 Å². The SMILES string of the molecule is C[C@H]1CN(c2ccccc2)C[C@@]1(C)O. The molecule has 0 unspecified atom stereocenters. The molecule has 1 aromatic rings. The topological polar surface area (TPSA) is 23.5 Å². The molecule has 0 aromatic heterocycles. The van der Waals surface area contributed by atoms with E-state index in [2.05, 4.69) is 24.0 Å². The molecule has 14 heavy (non-hydrogen) atoms. The largest absolute Gasteiger partial charge is 0.388 e. The first-order valence-corrected chi connectivity index (χ1v) is 5.12. The Labute approximate surface area is 85.2 Å². The third kappa shape index (κ3) is 1.62. The molecule has 2 rings (SSSR count). The van der Waals surface area contributed by atoms with Crippen LogP contribution in [0.15, 0.2) is 30.3 Å².